The summed E-state index contributed by atoms with van der Waals surface area (Å²) in [4.78, 5) is 33.9. The highest BCUT2D eigenvalue weighted by atomic mass is 19.1. The van der Waals surface area contributed by atoms with E-state index in [1.165, 1.54) is 18.2 Å². The van der Waals surface area contributed by atoms with Gasteiger partial charge in [-0.3, -0.25) is 14.4 Å². The zero-order valence-corrected chi connectivity index (χ0v) is 18.2. The van der Waals surface area contributed by atoms with Crippen LogP contribution in [0, 0.1) is 11.7 Å². The normalized spacial score (nSPS) is 25.9. The number of fused-ring (bicyclic) bond motifs is 2. The van der Waals surface area contributed by atoms with Crippen molar-refractivity contribution < 1.29 is 18.8 Å². The lowest BCUT2D eigenvalue weighted by Gasteiger charge is -2.44. The van der Waals surface area contributed by atoms with Gasteiger partial charge in [0.1, 0.15) is 5.82 Å². The number of likely N-dealkylation sites (tertiary alicyclic amines) is 1. The predicted octanol–water partition coefficient (Wildman–Crippen LogP) is 3.10. The number of benzene rings is 1. The Labute approximate surface area is 177 Å². The summed E-state index contributed by atoms with van der Waals surface area (Å²) in [5.41, 5.74) is 1.72. The SMILES string of the molecule is CON(C)C(=O)C1CCC(N2CCC3(CC2)CN(C(C)=O)c2ccc(F)cc23)CC1. The monoisotopic (exact) mass is 417 g/mol. The van der Waals surface area contributed by atoms with Crippen molar-refractivity contribution in [3.63, 3.8) is 0 Å². The van der Waals surface area contributed by atoms with E-state index in [2.05, 4.69) is 4.90 Å². The molecule has 1 saturated heterocycles. The maximum Gasteiger partial charge on any atom is 0.248 e. The van der Waals surface area contributed by atoms with E-state index in [1.807, 2.05) is 4.90 Å². The van der Waals surface area contributed by atoms with E-state index in [1.54, 1.807) is 26.1 Å². The van der Waals surface area contributed by atoms with E-state index in [0.29, 0.717) is 12.6 Å². The minimum Gasteiger partial charge on any atom is -0.311 e. The van der Waals surface area contributed by atoms with Crippen molar-refractivity contribution in [2.45, 2.75) is 56.9 Å². The van der Waals surface area contributed by atoms with Gasteiger partial charge in [-0.05, 0) is 75.4 Å². The first-order chi connectivity index (χ1) is 14.3. The van der Waals surface area contributed by atoms with Crippen LogP contribution in [0.5, 0.6) is 0 Å². The number of rotatable bonds is 3. The van der Waals surface area contributed by atoms with E-state index in [9.17, 15) is 14.0 Å². The van der Waals surface area contributed by atoms with Gasteiger partial charge < -0.3 is 9.80 Å². The lowest BCUT2D eigenvalue weighted by atomic mass is 9.73. The summed E-state index contributed by atoms with van der Waals surface area (Å²) in [7, 11) is 3.19. The molecule has 0 unspecified atom stereocenters. The van der Waals surface area contributed by atoms with Crippen LogP contribution in [0.3, 0.4) is 0 Å². The zero-order valence-electron chi connectivity index (χ0n) is 18.2. The maximum absolute atomic E-state index is 14.0. The Bertz CT molecular complexity index is 814. The Morgan fingerprint density at radius 3 is 2.43 bits per heavy atom. The van der Waals surface area contributed by atoms with Crippen LogP contribution < -0.4 is 4.90 Å². The third kappa shape index (κ3) is 3.73. The molecule has 0 aromatic heterocycles. The van der Waals surface area contributed by atoms with E-state index >= 15 is 0 Å². The van der Waals surface area contributed by atoms with E-state index in [0.717, 1.165) is 62.9 Å². The quantitative estimate of drug-likeness (QED) is 0.710. The van der Waals surface area contributed by atoms with Gasteiger partial charge in [0, 0.05) is 43.6 Å². The molecule has 2 amide bonds. The molecule has 4 rings (SSSR count). The van der Waals surface area contributed by atoms with Crippen LogP contribution in [-0.2, 0) is 19.8 Å². The highest BCUT2D eigenvalue weighted by Gasteiger charge is 2.46. The molecule has 7 heteroatoms. The van der Waals surface area contributed by atoms with Gasteiger partial charge in [-0.15, -0.1) is 0 Å². The maximum atomic E-state index is 14.0. The molecule has 1 aromatic carbocycles. The Hall–Kier alpha value is -1.99. The van der Waals surface area contributed by atoms with Crippen LogP contribution in [-0.4, -0.2) is 61.6 Å². The van der Waals surface area contributed by atoms with Gasteiger partial charge in [-0.2, -0.15) is 0 Å². The molecule has 1 aliphatic carbocycles. The largest absolute Gasteiger partial charge is 0.311 e. The molecule has 1 aromatic rings. The third-order valence-corrected chi connectivity index (χ3v) is 7.56. The molecular weight excluding hydrogens is 385 g/mol. The summed E-state index contributed by atoms with van der Waals surface area (Å²) in [6.07, 6.45) is 5.69. The van der Waals surface area contributed by atoms with E-state index in [-0.39, 0.29) is 29.0 Å². The minimum absolute atomic E-state index is 0.0196. The first-order valence-corrected chi connectivity index (χ1v) is 11.0. The Balaban J connectivity index is 1.40. The van der Waals surface area contributed by atoms with E-state index in [4.69, 9.17) is 4.84 Å². The zero-order chi connectivity index (χ0) is 21.5. The third-order valence-electron chi connectivity index (χ3n) is 7.56. The Morgan fingerprint density at radius 2 is 1.83 bits per heavy atom. The molecule has 0 bridgehead atoms. The number of hydrogen-bond acceptors (Lipinski definition) is 4. The summed E-state index contributed by atoms with van der Waals surface area (Å²) < 4.78 is 14.0. The summed E-state index contributed by atoms with van der Waals surface area (Å²) in [5, 5.41) is 1.34. The number of hydrogen-bond donors (Lipinski definition) is 0. The number of amides is 2. The van der Waals surface area contributed by atoms with Crippen LogP contribution in [0.1, 0.15) is 51.0 Å². The molecule has 0 N–H and O–H groups in total. The second kappa shape index (κ2) is 8.27. The molecule has 1 saturated carbocycles. The van der Waals surface area contributed by atoms with E-state index < -0.39 is 0 Å². The van der Waals surface area contributed by atoms with Crippen molar-refractivity contribution in [1.82, 2.24) is 9.96 Å². The fourth-order valence-electron chi connectivity index (χ4n) is 5.70. The standard InChI is InChI=1S/C23H32FN3O3/c1-16(28)27-15-23(20-14-18(24)6-9-21(20)27)10-12-26(13-11-23)19-7-4-17(5-8-19)22(29)25(2)30-3/h6,9,14,17,19H,4-5,7-8,10-13,15H2,1-3H3. The van der Waals surface area contributed by atoms with Crippen molar-refractivity contribution >= 4 is 17.5 Å². The summed E-state index contributed by atoms with van der Waals surface area (Å²) in [5.74, 6) is -0.0882. The highest BCUT2D eigenvalue weighted by Crippen LogP contribution is 2.48. The van der Waals surface area contributed by atoms with Crippen molar-refractivity contribution in [1.29, 1.82) is 0 Å². The number of hydroxylamine groups is 2. The van der Waals surface area contributed by atoms with Crippen LogP contribution in [0.25, 0.3) is 0 Å². The smallest absolute Gasteiger partial charge is 0.248 e. The second-order valence-electron chi connectivity index (χ2n) is 9.11. The Kier molecular flexibility index (Phi) is 5.86. The molecule has 2 fully saturated rings. The first kappa shape index (κ1) is 21.2. The van der Waals surface area contributed by atoms with Crippen molar-refractivity contribution in [2.24, 2.45) is 5.92 Å². The van der Waals surface area contributed by atoms with Gasteiger partial charge >= 0.3 is 0 Å². The number of nitrogens with zero attached hydrogens (tertiary/aromatic N) is 3. The molecular formula is C23H32FN3O3. The summed E-state index contributed by atoms with van der Waals surface area (Å²) in [6.45, 7) is 4.13. The second-order valence-corrected chi connectivity index (χ2v) is 9.11. The minimum atomic E-state index is -0.232. The lowest BCUT2D eigenvalue weighted by molar-refractivity contribution is -0.174. The lowest BCUT2D eigenvalue weighted by Crippen LogP contribution is -2.50. The Morgan fingerprint density at radius 1 is 1.17 bits per heavy atom. The highest BCUT2D eigenvalue weighted by molar-refractivity contribution is 5.94. The fraction of sp³-hybridized carbons (Fsp3) is 0.652. The number of piperidine rings is 1. The van der Waals surface area contributed by atoms with Crippen LogP contribution >= 0.6 is 0 Å². The molecule has 164 valence electrons. The van der Waals surface area contributed by atoms with Gasteiger partial charge in [0.2, 0.25) is 11.8 Å². The first-order valence-electron chi connectivity index (χ1n) is 11.0. The molecule has 0 radical (unpaired) electrons. The van der Waals surface area contributed by atoms with Crippen molar-refractivity contribution in [3.05, 3.63) is 29.6 Å². The molecule has 1 spiro atoms. The average Bonchev–Trinajstić information content (AvgIpc) is 3.07. The molecule has 2 heterocycles. The van der Waals surface area contributed by atoms with Crippen LogP contribution in [0.2, 0.25) is 0 Å². The molecule has 6 nitrogen and oxygen atoms in total. The van der Waals surface area contributed by atoms with Crippen LogP contribution in [0.4, 0.5) is 10.1 Å². The number of halogens is 1. The topological polar surface area (TPSA) is 53.1 Å². The van der Waals surface area contributed by atoms with Gasteiger partial charge in [-0.1, -0.05) is 0 Å². The van der Waals surface area contributed by atoms with Gasteiger partial charge in [0.05, 0.1) is 7.11 Å². The molecule has 0 atom stereocenters. The van der Waals surface area contributed by atoms with Crippen molar-refractivity contribution in [2.75, 3.05) is 38.7 Å². The number of carbonyl (C=O) groups excluding carboxylic acids is 2. The molecule has 30 heavy (non-hydrogen) atoms. The van der Waals surface area contributed by atoms with Gasteiger partial charge in [0.25, 0.3) is 0 Å². The average molecular weight is 418 g/mol. The summed E-state index contributed by atoms with van der Waals surface area (Å²) >= 11 is 0. The van der Waals surface area contributed by atoms with Gasteiger partial charge in [-0.25, -0.2) is 9.45 Å². The number of anilines is 1. The van der Waals surface area contributed by atoms with Crippen molar-refractivity contribution in [3.8, 4) is 0 Å². The van der Waals surface area contributed by atoms with Gasteiger partial charge in [0.15, 0.2) is 0 Å². The predicted molar refractivity (Wildman–Crippen MR) is 112 cm³/mol. The molecule has 2 aliphatic heterocycles. The fourth-order valence-corrected chi connectivity index (χ4v) is 5.70. The molecule has 3 aliphatic rings. The summed E-state index contributed by atoms with van der Waals surface area (Å²) in [6, 6.07) is 5.33. The number of carbonyl (C=O) groups is 2. The van der Waals surface area contributed by atoms with Crippen LogP contribution in [0.15, 0.2) is 18.2 Å².